The number of aromatic nitrogens is 1. The minimum Gasteiger partial charge on any atom is -0.360 e. The Kier molecular flexibility index (Phi) is 4.34. The van der Waals surface area contributed by atoms with Crippen molar-refractivity contribution in [2.24, 2.45) is 0 Å². The van der Waals surface area contributed by atoms with Crippen molar-refractivity contribution in [3.63, 3.8) is 0 Å². The summed E-state index contributed by atoms with van der Waals surface area (Å²) in [7, 11) is 0. The van der Waals surface area contributed by atoms with Gasteiger partial charge in [0.25, 0.3) is 5.91 Å². The van der Waals surface area contributed by atoms with Crippen LogP contribution >= 0.6 is 0 Å². The highest BCUT2D eigenvalue weighted by atomic mass is 16.5. The first-order valence-electron chi connectivity index (χ1n) is 7.52. The molecule has 2 N–H and O–H groups in total. The summed E-state index contributed by atoms with van der Waals surface area (Å²) in [6.07, 6.45) is 3.23. The highest BCUT2D eigenvalue weighted by Crippen LogP contribution is 2.17. The van der Waals surface area contributed by atoms with E-state index in [2.05, 4.69) is 40.8 Å². The Balaban J connectivity index is 1.53. The van der Waals surface area contributed by atoms with E-state index in [1.165, 1.54) is 16.0 Å². The molecule has 1 amide bonds. The summed E-state index contributed by atoms with van der Waals surface area (Å²) in [5, 5.41) is 6.54. The second-order valence-electron chi connectivity index (χ2n) is 5.60. The van der Waals surface area contributed by atoms with E-state index in [9.17, 15) is 4.79 Å². The van der Waals surface area contributed by atoms with Crippen molar-refractivity contribution in [3.05, 3.63) is 53.8 Å². The van der Waals surface area contributed by atoms with Gasteiger partial charge in [-0.3, -0.25) is 4.79 Å². The largest absolute Gasteiger partial charge is 0.360 e. The molecule has 1 aliphatic rings. The van der Waals surface area contributed by atoms with E-state index >= 15 is 0 Å². The van der Waals surface area contributed by atoms with Crippen LogP contribution in [0.3, 0.4) is 0 Å². The summed E-state index contributed by atoms with van der Waals surface area (Å²) >= 11 is 0. The maximum Gasteiger partial charge on any atom is 0.280 e. The second-order valence-corrected chi connectivity index (χ2v) is 5.60. The van der Waals surface area contributed by atoms with Crippen molar-refractivity contribution < 1.29 is 14.2 Å². The average Bonchev–Trinajstić information content (AvgIpc) is 2.94. The van der Waals surface area contributed by atoms with Crippen molar-refractivity contribution in [3.8, 4) is 0 Å². The van der Waals surface area contributed by atoms with Gasteiger partial charge in [0.2, 0.25) is 0 Å². The van der Waals surface area contributed by atoms with E-state index in [4.69, 9.17) is 4.52 Å². The van der Waals surface area contributed by atoms with E-state index < -0.39 is 0 Å². The Morgan fingerprint density at radius 3 is 2.82 bits per heavy atom. The first-order valence-corrected chi connectivity index (χ1v) is 7.52. The number of benzene rings is 1. The van der Waals surface area contributed by atoms with Crippen LogP contribution in [-0.2, 0) is 4.79 Å². The van der Waals surface area contributed by atoms with Gasteiger partial charge in [0.15, 0.2) is 12.4 Å². The SMILES string of the molecule is Cc1cc(NC(=O)C[NH+]2CC=C(c3ccccc3)CC2)no1. The van der Waals surface area contributed by atoms with E-state index in [1.54, 1.807) is 13.0 Å². The zero-order valence-corrected chi connectivity index (χ0v) is 12.6. The smallest absolute Gasteiger partial charge is 0.280 e. The lowest BCUT2D eigenvalue weighted by molar-refractivity contribution is -0.886. The molecule has 114 valence electrons. The van der Waals surface area contributed by atoms with Crippen LogP contribution in [0.25, 0.3) is 5.57 Å². The van der Waals surface area contributed by atoms with Gasteiger partial charge >= 0.3 is 0 Å². The first kappa shape index (κ1) is 14.5. The molecule has 1 atom stereocenters. The molecule has 2 heterocycles. The van der Waals surface area contributed by atoms with Crippen molar-refractivity contribution >= 4 is 17.3 Å². The summed E-state index contributed by atoms with van der Waals surface area (Å²) < 4.78 is 4.94. The van der Waals surface area contributed by atoms with Crippen molar-refractivity contribution in [1.82, 2.24) is 5.16 Å². The van der Waals surface area contributed by atoms with Crippen molar-refractivity contribution in [2.45, 2.75) is 13.3 Å². The molecule has 0 bridgehead atoms. The molecular formula is C17H20N3O2+. The second kappa shape index (κ2) is 6.58. The maximum atomic E-state index is 12.0. The van der Waals surface area contributed by atoms with Gasteiger partial charge in [-0.25, -0.2) is 0 Å². The van der Waals surface area contributed by atoms with Gasteiger partial charge in [0.1, 0.15) is 5.76 Å². The first-order chi connectivity index (χ1) is 10.7. The van der Waals surface area contributed by atoms with Crippen molar-refractivity contribution in [1.29, 1.82) is 0 Å². The molecular weight excluding hydrogens is 278 g/mol. The average molecular weight is 298 g/mol. The van der Waals surface area contributed by atoms with Crippen LogP contribution in [0.5, 0.6) is 0 Å². The lowest BCUT2D eigenvalue weighted by Crippen LogP contribution is -3.13. The molecule has 0 aliphatic carbocycles. The Hall–Kier alpha value is -2.40. The highest BCUT2D eigenvalue weighted by Gasteiger charge is 2.19. The molecule has 22 heavy (non-hydrogen) atoms. The standard InChI is InChI=1S/C17H19N3O2/c1-13-11-16(19-22-13)18-17(21)12-20-9-7-15(8-10-20)14-5-3-2-4-6-14/h2-7,11H,8-10,12H2,1H3,(H,18,19,21)/p+1. The number of carbonyl (C=O) groups is 1. The van der Waals surface area contributed by atoms with Gasteiger partial charge < -0.3 is 14.7 Å². The van der Waals surface area contributed by atoms with E-state index in [-0.39, 0.29) is 5.91 Å². The van der Waals surface area contributed by atoms with Gasteiger partial charge in [-0.15, -0.1) is 0 Å². The Morgan fingerprint density at radius 1 is 1.36 bits per heavy atom. The molecule has 0 spiro atoms. The Morgan fingerprint density at radius 2 is 2.18 bits per heavy atom. The third-order valence-electron chi connectivity index (χ3n) is 3.84. The quantitative estimate of drug-likeness (QED) is 0.894. The normalized spacial score (nSPS) is 17.9. The van der Waals surface area contributed by atoms with Crippen LogP contribution < -0.4 is 10.2 Å². The van der Waals surface area contributed by atoms with Gasteiger partial charge in [-0.05, 0) is 24.1 Å². The molecule has 1 aromatic carbocycles. The van der Waals surface area contributed by atoms with E-state index in [1.807, 2.05) is 6.07 Å². The number of amides is 1. The fourth-order valence-electron chi connectivity index (χ4n) is 2.70. The molecule has 5 heteroatoms. The zero-order chi connectivity index (χ0) is 15.4. The molecule has 0 fully saturated rings. The molecule has 0 saturated carbocycles. The molecule has 0 radical (unpaired) electrons. The minimum atomic E-state index is -0.0279. The number of hydrogen-bond acceptors (Lipinski definition) is 3. The van der Waals surface area contributed by atoms with E-state index in [0.717, 1.165) is 19.5 Å². The van der Waals surface area contributed by atoms with Crippen LogP contribution in [0.2, 0.25) is 0 Å². The molecule has 1 aromatic heterocycles. The zero-order valence-electron chi connectivity index (χ0n) is 12.6. The fraction of sp³-hybridized carbons (Fsp3) is 0.294. The number of carbonyl (C=O) groups excluding carboxylic acids is 1. The van der Waals surface area contributed by atoms with Crippen LogP contribution in [0, 0.1) is 6.92 Å². The predicted octanol–water partition coefficient (Wildman–Crippen LogP) is 1.29. The monoisotopic (exact) mass is 298 g/mol. The molecule has 0 saturated heterocycles. The molecule has 2 aromatic rings. The van der Waals surface area contributed by atoms with Gasteiger partial charge in [-0.1, -0.05) is 35.5 Å². The highest BCUT2D eigenvalue weighted by molar-refractivity contribution is 5.90. The number of quaternary nitrogens is 1. The summed E-state index contributed by atoms with van der Waals surface area (Å²) in [6.45, 7) is 4.08. The third kappa shape index (κ3) is 3.62. The van der Waals surface area contributed by atoms with Crippen LogP contribution in [0.4, 0.5) is 5.82 Å². The Labute approximate surface area is 129 Å². The predicted molar refractivity (Wildman–Crippen MR) is 84.5 cm³/mol. The summed E-state index contributed by atoms with van der Waals surface area (Å²) in [5.41, 5.74) is 2.65. The third-order valence-corrected chi connectivity index (χ3v) is 3.84. The number of aryl methyl sites for hydroxylation is 1. The molecule has 1 aliphatic heterocycles. The van der Waals surface area contributed by atoms with Gasteiger partial charge in [0, 0.05) is 12.5 Å². The van der Waals surface area contributed by atoms with Crippen LogP contribution in [-0.4, -0.2) is 30.7 Å². The molecule has 1 unspecified atom stereocenters. The number of nitrogens with zero attached hydrogens (tertiary/aromatic N) is 1. The van der Waals surface area contributed by atoms with Crippen LogP contribution in [0.15, 0.2) is 47.0 Å². The van der Waals surface area contributed by atoms with E-state index in [0.29, 0.717) is 18.1 Å². The maximum absolute atomic E-state index is 12.0. The molecule has 5 nitrogen and oxygen atoms in total. The lowest BCUT2D eigenvalue weighted by atomic mass is 10.00. The number of nitrogens with one attached hydrogen (secondary N) is 2. The van der Waals surface area contributed by atoms with Gasteiger partial charge in [0.05, 0.1) is 13.1 Å². The Bertz CT molecular complexity index is 676. The van der Waals surface area contributed by atoms with Crippen LogP contribution in [0.1, 0.15) is 17.7 Å². The van der Waals surface area contributed by atoms with Gasteiger partial charge in [-0.2, -0.15) is 0 Å². The topological polar surface area (TPSA) is 59.6 Å². The number of anilines is 1. The molecule has 3 rings (SSSR count). The number of rotatable bonds is 4. The summed E-state index contributed by atoms with van der Waals surface area (Å²) in [5.74, 6) is 1.15. The minimum absolute atomic E-state index is 0.0279. The fourth-order valence-corrected chi connectivity index (χ4v) is 2.70. The lowest BCUT2D eigenvalue weighted by Gasteiger charge is -2.23. The van der Waals surface area contributed by atoms with Crippen molar-refractivity contribution in [2.75, 3.05) is 25.0 Å². The summed E-state index contributed by atoms with van der Waals surface area (Å²) in [6, 6.07) is 12.1. The summed E-state index contributed by atoms with van der Waals surface area (Å²) in [4.78, 5) is 13.3. The number of hydrogen-bond donors (Lipinski definition) is 2.